The molecule has 0 saturated carbocycles. The molecule has 0 spiro atoms. The summed E-state index contributed by atoms with van der Waals surface area (Å²) < 4.78 is 13.2. The predicted octanol–water partition coefficient (Wildman–Crippen LogP) is 3.48. The first-order valence-corrected chi connectivity index (χ1v) is 9.24. The van der Waals surface area contributed by atoms with Crippen molar-refractivity contribution in [2.24, 2.45) is 4.99 Å². The Labute approximate surface area is 182 Å². The Morgan fingerprint density at radius 1 is 1.14 bits per heavy atom. The average Bonchev–Trinajstić information content (AvgIpc) is 3.11. The SMILES string of the molecule is CN=C(NCCc1cccc(F)c1)NCc1ccc(N2CCCC2=O)cc1.I. The lowest BCUT2D eigenvalue weighted by Crippen LogP contribution is -2.37. The van der Waals surface area contributed by atoms with Gasteiger partial charge in [0, 0.05) is 38.8 Å². The molecule has 3 rings (SSSR count). The molecular formula is C21H26FIN4O. The second-order valence-electron chi connectivity index (χ2n) is 6.55. The van der Waals surface area contributed by atoms with Crippen molar-refractivity contribution in [3.8, 4) is 0 Å². The van der Waals surface area contributed by atoms with Gasteiger partial charge in [0.2, 0.25) is 5.91 Å². The number of halogens is 2. The van der Waals surface area contributed by atoms with E-state index < -0.39 is 0 Å². The predicted molar refractivity (Wildman–Crippen MR) is 122 cm³/mol. The molecule has 5 nitrogen and oxygen atoms in total. The van der Waals surface area contributed by atoms with E-state index in [0.717, 1.165) is 36.2 Å². The number of aliphatic imine (C=N–C) groups is 1. The van der Waals surface area contributed by atoms with E-state index in [-0.39, 0.29) is 35.7 Å². The van der Waals surface area contributed by atoms with Gasteiger partial charge in [-0.1, -0.05) is 24.3 Å². The van der Waals surface area contributed by atoms with Crippen LogP contribution < -0.4 is 15.5 Å². The standard InChI is InChI=1S/C21H25FN4O.HI/c1-23-21(24-12-11-16-4-2-5-18(22)14-16)25-15-17-7-9-19(10-8-17)26-13-3-6-20(26)27;/h2,4-5,7-10,14H,3,6,11-13,15H2,1H3,(H2,23,24,25);1H. The highest BCUT2D eigenvalue weighted by Crippen LogP contribution is 2.21. The summed E-state index contributed by atoms with van der Waals surface area (Å²) in [5.74, 6) is 0.683. The molecule has 1 aliphatic heterocycles. The van der Waals surface area contributed by atoms with Crippen molar-refractivity contribution in [2.45, 2.75) is 25.8 Å². The second kappa shape index (κ2) is 11.0. The van der Waals surface area contributed by atoms with Gasteiger partial charge in [-0.2, -0.15) is 0 Å². The molecule has 150 valence electrons. The van der Waals surface area contributed by atoms with Crippen LogP contribution in [0.2, 0.25) is 0 Å². The van der Waals surface area contributed by atoms with Gasteiger partial charge in [-0.3, -0.25) is 9.79 Å². The van der Waals surface area contributed by atoms with Gasteiger partial charge in [-0.15, -0.1) is 24.0 Å². The molecule has 1 amide bonds. The molecule has 0 unspecified atom stereocenters. The van der Waals surface area contributed by atoms with Gasteiger partial charge in [-0.25, -0.2) is 4.39 Å². The van der Waals surface area contributed by atoms with Crippen molar-refractivity contribution in [1.82, 2.24) is 10.6 Å². The lowest BCUT2D eigenvalue weighted by atomic mass is 10.1. The molecule has 28 heavy (non-hydrogen) atoms. The van der Waals surface area contributed by atoms with Crippen LogP contribution in [-0.4, -0.2) is 32.0 Å². The number of carbonyl (C=O) groups excluding carboxylic acids is 1. The Kier molecular flexibility index (Phi) is 8.69. The Morgan fingerprint density at radius 2 is 1.93 bits per heavy atom. The van der Waals surface area contributed by atoms with Gasteiger partial charge in [-0.05, 0) is 48.2 Å². The molecule has 1 fully saturated rings. The van der Waals surface area contributed by atoms with E-state index >= 15 is 0 Å². The minimum absolute atomic E-state index is 0. The molecule has 2 aromatic carbocycles. The molecule has 0 radical (unpaired) electrons. The Morgan fingerprint density at radius 3 is 2.57 bits per heavy atom. The van der Waals surface area contributed by atoms with Crippen LogP contribution in [0.25, 0.3) is 0 Å². The largest absolute Gasteiger partial charge is 0.356 e. The van der Waals surface area contributed by atoms with Crippen molar-refractivity contribution in [2.75, 3.05) is 25.0 Å². The van der Waals surface area contributed by atoms with Crippen LogP contribution >= 0.6 is 24.0 Å². The number of amides is 1. The second-order valence-corrected chi connectivity index (χ2v) is 6.55. The molecule has 7 heteroatoms. The van der Waals surface area contributed by atoms with E-state index in [9.17, 15) is 9.18 Å². The third-order valence-electron chi connectivity index (χ3n) is 4.60. The van der Waals surface area contributed by atoms with Crippen molar-refractivity contribution in [1.29, 1.82) is 0 Å². The number of carbonyl (C=O) groups is 1. The highest BCUT2D eigenvalue weighted by molar-refractivity contribution is 14.0. The van der Waals surface area contributed by atoms with E-state index in [1.807, 2.05) is 35.2 Å². The molecule has 0 aliphatic carbocycles. The fourth-order valence-electron chi connectivity index (χ4n) is 3.14. The van der Waals surface area contributed by atoms with Crippen LogP contribution in [0.15, 0.2) is 53.5 Å². The summed E-state index contributed by atoms with van der Waals surface area (Å²) in [7, 11) is 1.72. The lowest BCUT2D eigenvalue weighted by molar-refractivity contribution is -0.117. The van der Waals surface area contributed by atoms with E-state index in [0.29, 0.717) is 25.5 Å². The molecule has 0 aromatic heterocycles. The van der Waals surface area contributed by atoms with Gasteiger partial charge < -0.3 is 15.5 Å². The summed E-state index contributed by atoms with van der Waals surface area (Å²) in [6.45, 7) is 2.10. The first-order chi connectivity index (χ1) is 13.2. The van der Waals surface area contributed by atoms with E-state index in [4.69, 9.17) is 0 Å². The number of hydrogen-bond acceptors (Lipinski definition) is 2. The number of rotatable bonds is 6. The van der Waals surface area contributed by atoms with Crippen LogP contribution in [0.4, 0.5) is 10.1 Å². The number of hydrogen-bond donors (Lipinski definition) is 2. The van der Waals surface area contributed by atoms with Crippen LogP contribution in [0.1, 0.15) is 24.0 Å². The number of nitrogens with one attached hydrogen (secondary N) is 2. The lowest BCUT2D eigenvalue weighted by Gasteiger charge is -2.16. The molecule has 1 saturated heterocycles. The summed E-state index contributed by atoms with van der Waals surface area (Å²) in [6, 6.07) is 14.6. The molecular weight excluding hydrogens is 470 g/mol. The quantitative estimate of drug-likeness (QED) is 0.366. The Balaban J connectivity index is 0.00000280. The maximum absolute atomic E-state index is 13.2. The van der Waals surface area contributed by atoms with E-state index in [2.05, 4.69) is 15.6 Å². The Bertz CT molecular complexity index is 810. The zero-order chi connectivity index (χ0) is 19.1. The molecule has 2 aromatic rings. The van der Waals surface area contributed by atoms with Crippen molar-refractivity contribution >= 4 is 41.5 Å². The number of anilines is 1. The normalized spacial score (nSPS) is 14.0. The zero-order valence-electron chi connectivity index (χ0n) is 16.0. The molecule has 0 bridgehead atoms. The maximum atomic E-state index is 13.2. The summed E-state index contributed by atoms with van der Waals surface area (Å²) in [4.78, 5) is 17.9. The third kappa shape index (κ3) is 6.19. The summed E-state index contributed by atoms with van der Waals surface area (Å²) >= 11 is 0. The smallest absolute Gasteiger partial charge is 0.227 e. The van der Waals surface area contributed by atoms with E-state index in [1.54, 1.807) is 19.2 Å². The monoisotopic (exact) mass is 496 g/mol. The van der Waals surface area contributed by atoms with Crippen LogP contribution in [0.5, 0.6) is 0 Å². The minimum Gasteiger partial charge on any atom is -0.356 e. The van der Waals surface area contributed by atoms with Gasteiger partial charge in [0.1, 0.15) is 5.82 Å². The number of nitrogens with zero attached hydrogens (tertiary/aromatic N) is 2. The first-order valence-electron chi connectivity index (χ1n) is 9.24. The van der Waals surface area contributed by atoms with Crippen LogP contribution in [0.3, 0.4) is 0 Å². The highest BCUT2D eigenvalue weighted by atomic mass is 127. The maximum Gasteiger partial charge on any atom is 0.227 e. The molecule has 2 N–H and O–H groups in total. The molecule has 1 heterocycles. The molecule has 0 atom stereocenters. The van der Waals surface area contributed by atoms with Crippen molar-refractivity contribution in [3.63, 3.8) is 0 Å². The summed E-state index contributed by atoms with van der Waals surface area (Å²) in [5, 5.41) is 6.50. The number of benzene rings is 2. The minimum atomic E-state index is -0.214. The van der Waals surface area contributed by atoms with Crippen LogP contribution in [-0.2, 0) is 17.8 Å². The summed E-state index contributed by atoms with van der Waals surface area (Å²) in [6.07, 6.45) is 2.29. The molecule has 1 aliphatic rings. The zero-order valence-corrected chi connectivity index (χ0v) is 18.3. The van der Waals surface area contributed by atoms with Crippen LogP contribution in [0, 0.1) is 5.82 Å². The average molecular weight is 496 g/mol. The third-order valence-corrected chi connectivity index (χ3v) is 4.60. The first kappa shape index (κ1) is 22.1. The summed E-state index contributed by atoms with van der Waals surface area (Å²) in [5.41, 5.74) is 3.02. The van der Waals surface area contributed by atoms with Crippen molar-refractivity contribution in [3.05, 3.63) is 65.5 Å². The fraction of sp³-hybridized carbons (Fsp3) is 0.333. The van der Waals surface area contributed by atoms with Gasteiger partial charge in [0.15, 0.2) is 5.96 Å². The van der Waals surface area contributed by atoms with Gasteiger partial charge in [0.05, 0.1) is 0 Å². The topological polar surface area (TPSA) is 56.7 Å². The van der Waals surface area contributed by atoms with Gasteiger partial charge in [0.25, 0.3) is 0 Å². The fourth-order valence-corrected chi connectivity index (χ4v) is 3.14. The Hall–Kier alpha value is -2.16. The van der Waals surface area contributed by atoms with Gasteiger partial charge >= 0.3 is 0 Å². The highest BCUT2D eigenvalue weighted by Gasteiger charge is 2.21. The number of guanidine groups is 1. The van der Waals surface area contributed by atoms with E-state index in [1.165, 1.54) is 6.07 Å². The van der Waals surface area contributed by atoms with Crippen molar-refractivity contribution < 1.29 is 9.18 Å².